The molecule has 1 heterocycles. The van der Waals surface area contributed by atoms with Crippen molar-refractivity contribution in [2.24, 2.45) is 0 Å². The van der Waals surface area contributed by atoms with Crippen molar-refractivity contribution in [2.45, 2.75) is 31.1 Å². The topological polar surface area (TPSA) is 17.8 Å². The number of aryl methyl sites for hydroxylation is 1. The minimum atomic E-state index is 0.356. The first-order valence-corrected chi connectivity index (χ1v) is 7.41. The lowest BCUT2D eigenvalue weighted by Crippen LogP contribution is -2.04. The van der Waals surface area contributed by atoms with Gasteiger partial charge in [0.25, 0.3) is 0 Å². The number of benzene rings is 1. The zero-order valence-electron chi connectivity index (χ0n) is 10.3. The maximum absolute atomic E-state index is 6.15. The predicted octanol–water partition coefficient (Wildman–Crippen LogP) is 4.63. The summed E-state index contributed by atoms with van der Waals surface area (Å²) >= 11 is 9.88. The van der Waals surface area contributed by atoms with Gasteiger partial charge in [0.15, 0.2) is 0 Å². The van der Waals surface area contributed by atoms with Gasteiger partial charge in [0.1, 0.15) is 0 Å². The second-order valence-electron chi connectivity index (χ2n) is 4.17. The van der Waals surface area contributed by atoms with Gasteiger partial charge < -0.3 is 0 Å². The van der Waals surface area contributed by atoms with Gasteiger partial charge in [-0.15, -0.1) is 0 Å². The number of hydrogen-bond acceptors (Lipinski definition) is 1. The number of nitrogens with zero attached hydrogens (tertiary/aromatic N) is 2. The van der Waals surface area contributed by atoms with Crippen LogP contribution in [-0.4, -0.2) is 9.78 Å². The Morgan fingerprint density at radius 1 is 1.33 bits per heavy atom. The molecule has 2 rings (SSSR count). The fourth-order valence-electron chi connectivity index (χ4n) is 2.00. The number of hydrogen-bond donors (Lipinski definition) is 0. The molecule has 1 aromatic carbocycles. The van der Waals surface area contributed by atoms with Gasteiger partial charge >= 0.3 is 0 Å². The summed E-state index contributed by atoms with van der Waals surface area (Å²) in [4.78, 5) is 0.356. The lowest BCUT2D eigenvalue weighted by atomic mass is 10.1. The molecule has 1 aromatic heterocycles. The molecule has 0 saturated carbocycles. The van der Waals surface area contributed by atoms with Crippen molar-refractivity contribution in [2.75, 3.05) is 0 Å². The SMILES string of the molecule is CCn1ncc(Cl)c1CCC(Br)c1ccccc1. The smallest absolute Gasteiger partial charge is 0.0817 e. The summed E-state index contributed by atoms with van der Waals surface area (Å²) in [5, 5.41) is 5.02. The van der Waals surface area contributed by atoms with Crippen LogP contribution in [0.5, 0.6) is 0 Å². The molecule has 0 fully saturated rings. The van der Waals surface area contributed by atoms with E-state index in [1.54, 1.807) is 6.20 Å². The third-order valence-electron chi connectivity index (χ3n) is 2.99. The van der Waals surface area contributed by atoms with Crippen molar-refractivity contribution in [1.29, 1.82) is 0 Å². The molecule has 0 aliphatic rings. The third-order valence-corrected chi connectivity index (χ3v) is 4.30. The molecule has 0 radical (unpaired) electrons. The Kier molecular flexibility index (Phi) is 4.84. The summed E-state index contributed by atoms with van der Waals surface area (Å²) in [5.41, 5.74) is 2.43. The van der Waals surface area contributed by atoms with E-state index in [0.29, 0.717) is 4.83 Å². The van der Waals surface area contributed by atoms with E-state index in [4.69, 9.17) is 11.6 Å². The summed E-state index contributed by atoms with van der Waals surface area (Å²) in [6, 6.07) is 10.4. The predicted molar refractivity (Wildman–Crippen MR) is 79.3 cm³/mol. The van der Waals surface area contributed by atoms with Gasteiger partial charge in [0, 0.05) is 11.4 Å². The van der Waals surface area contributed by atoms with E-state index in [1.807, 2.05) is 10.7 Å². The Labute approximate surface area is 121 Å². The maximum atomic E-state index is 6.15. The van der Waals surface area contributed by atoms with Gasteiger partial charge in [0.05, 0.1) is 16.9 Å². The van der Waals surface area contributed by atoms with Crippen LogP contribution in [0.15, 0.2) is 36.5 Å². The van der Waals surface area contributed by atoms with Crippen LogP contribution in [0.2, 0.25) is 5.02 Å². The molecule has 1 unspecified atom stereocenters. The molecule has 0 bridgehead atoms. The molecule has 0 aliphatic heterocycles. The Bertz CT molecular complexity index is 496. The molecular formula is C14H16BrClN2. The Morgan fingerprint density at radius 2 is 2.06 bits per heavy atom. The standard InChI is InChI=1S/C14H16BrClN2/c1-2-18-14(13(16)10-17-18)9-8-12(15)11-6-4-3-5-7-11/h3-7,10,12H,2,8-9H2,1H3. The van der Waals surface area contributed by atoms with Crippen LogP contribution in [0.1, 0.15) is 29.4 Å². The normalized spacial score (nSPS) is 12.6. The van der Waals surface area contributed by atoms with E-state index in [-0.39, 0.29) is 0 Å². The molecule has 0 aliphatic carbocycles. The van der Waals surface area contributed by atoms with E-state index in [1.165, 1.54) is 5.56 Å². The van der Waals surface area contributed by atoms with Crippen LogP contribution < -0.4 is 0 Å². The molecule has 96 valence electrons. The molecule has 2 nitrogen and oxygen atoms in total. The van der Waals surface area contributed by atoms with Gasteiger partial charge in [-0.2, -0.15) is 5.10 Å². The van der Waals surface area contributed by atoms with Crippen LogP contribution in [0, 0.1) is 0 Å². The van der Waals surface area contributed by atoms with Crippen molar-refractivity contribution in [3.8, 4) is 0 Å². The molecule has 2 aromatic rings. The quantitative estimate of drug-likeness (QED) is 0.732. The fourth-order valence-corrected chi connectivity index (χ4v) is 2.77. The van der Waals surface area contributed by atoms with Crippen LogP contribution in [0.3, 0.4) is 0 Å². The lowest BCUT2D eigenvalue weighted by molar-refractivity contribution is 0.609. The first-order chi connectivity index (χ1) is 8.72. The Balaban J connectivity index is 2.01. The van der Waals surface area contributed by atoms with E-state index in [9.17, 15) is 0 Å². The van der Waals surface area contributed by atoms with Crippen molar-refractivity contribution >= 4 is 27.5 Å². The van der Waals surface area contributed by atoms with Crippen LogP contribution in [-0.2, 0) is 13.0 Å². The van der Waals surface area contributed by atoms with Gasteiger partial charge in [-0.25, -0.2) is 0 Å². The highest BCUT2D eigenvalue weighted by molar-refractivity contribution is 9.09. The maximum Gasteiger partial charge on any atom is 0.0817 e. The second kappa shape index (κ2) is 6.39. The number of alkyl halides is 1. The zero-order valence-corrected chi connectivity index (χ0v) is 12.7. The minimum Gasteiger partial charge on any atom is -0.268 e. The Morgan fingerprint density at radius 3 is 2.72 bits per heavy atom. The average Bonchev–Trinajstić information content (AvgIpc) is 2.77. The van der Waals surface area contributed by atoms with E-state index in [0.717, 1.165) is 30.1 Å². The van der Waals surface area contributed by atoms with Crippen LogP contribution >= 0.6 is 27.5 Å². The molecule has 18 heavy (non-hydrogen) atoms. The van der Waals surface area contributed by atoms with Crippen molar-refractivity contribution in [3.63, 3.8) is 0 Å². The van der Waals surface area contributed by atoms with Crippen molar-refractivity contribution < 1.29 is 0 Å². The summed E-state index contributed by atoms with van der Waals surface area (Å²) < 4.78 is 1.97. The molecule has 0 saturated heterocycles. The summed E-state index contributed by atoms with van der Waals surface area (Å²) in [6.07, 6.45) is 3.67. The highest BCUT2D eigenvalue weighted by atomic mass is 79.9. The third kappa shape index (κ3) is 3.15. The minimum absolute atomic E-state index is 0.356. The van der Waals surface area contributed by atoms with Gasteiger partial charge in [-0.05, 0) is 25.3 Å². The van der Waals surface area contributed by atoms with Gasteiger partial charge in [-0.1, -0.05) is 57.9 Å². The monoisotopic (exact) mass is 326 g/mol. The second-order valence-corrected chi connectivity index (χ2v) is 5.68. The summed E-state index contributed by atoms with van der Waals surface area (Å²) in [7, 11) is 0. The zero-order chi connectivity index (χ0) is 13.0. The highest BCUT2D eigenvalue weighted by Gasteiger charge is 2.12. The molecular weight excluding hydrogens is 312 g/mol. The van der Waals surface area contributed by atoms with Gasteiger partial charge in [0.2, 0.25) is 0 Å². The van der Waals surface area contributed by atoms with E-state index in [2.05, 4.69) is 52.2 Å². The molecule has 0 N–H and O–H groups in total. The molecule has 0 amide bonds. The first-order valence-electron chi connectivity index (χ1n) is 6.11. The van der Waals surface area contributed by atoms with Crippen LogP contribution in [0.25, 0.3) is 0 Å². The van der Waals surface area contributed by atoms with Gasteiger partial charge in [-0.3, -0.25) is 4.68 Å². The largest absolute Gasteiger partial charge is 0.268 e. The fraction of sp³-hybridized carbons (Fsp3) is 0.357. The van der Waals surface area contributed by atoms with E-state index < -0.39 is 0 Å². The average molecular weight is 328 g/mol. The van der Waals surface area contributed by atoms with Crippen molar-refractivity contribution in [3.05, 3.63) is 52.8 Å². The first kappa shape index (κ1) is 13.6. The highest BCUT2D eigenvalue weighted by Crippen LogP contribution is 2.29. The van der Waals surface area contributed by atoms with Crippen molar-refractivity contribution in [1.82, 2.24) is 9.78 Å². The number of aromatic nitrogens is 2. The molecule has 1 atom stereocenters. The summed E-state index contributed by atoms with van der Waals surface area (Å²) in [5.74, 6) is 0. The molecule has 4 heteroatoms. The Hall–Kier alpha value is -0.800. The van der Waals surface area contributed by atoms with Crippen LogP contribution in [0.4, 0.5) is 0 Å². The van der Waals surface area contributed by atoms with E-state index >= 15 is 0 Å². The lowest BCUT2D eigenvalue weighted by Gasteiger charge is -2.11. The molecule has 0 spiro atoms. The number of halogens is 2. The summed E-state index contributed by atoms with van der Waals surface area (Å²) in [6.45, 7) is 2.94. The number of rotatable bonds is 5.